The lowest BCUT2D eigenvalue weighted by molar-refractivity contribution is 0.0950. The third kappa shape index (κ3) is 5.07. The summed E-state index contributed by atoms with van der Waals surface area (Å²) in [6.45, 7) is 3.71. The van der Waals surface area contributed by atoms with E-state index >= 15 is 0 Å². The standard InChI is InChI=1S/C26H23N5O3/c1-16-20(26(32)31-15-18-8-11-29-12-9-18)4-3-5-23(16)34-24-10-13-30-22-14-19(6-7-21(22)24)25(28)33-17(2)27/h3-14,27-28H,15H2,1-2H3,(H,31,32). The fourth-order valence-electron chi connectivity index (χ4n) is 3.43. The molecule has 34 heavy (non-hydrogen) atoms. The van der Waals surface area contributed by atoms with Gasteiger partial charge in [0.25, 0.3) is 5.91 Å². The lowest BCUT2D eigenvalue weighted by atomic mass is 10.1. The molecule has 1 amide bonds. The number of nitrogens with zero attached hydrogens (tertiary/aromatic N) is 2. The number of amides is 1. The van der Waals surface area contributed by atoms with E-state index in [0.717, 1.165) is 10.9 Å². The predicted octanol–water partition coefficient (Wildman–Crippen LogP) is 5.00. The van der Waals surface area contributed by atoms with E-state index < -0.39 is 0 Å². The summed E-state index contributed by atoms with van der Waals surface area (Å²) in [5.41, 5.74) is 3.33. The van der Waals surface area contributed by atoms with Crippen LogP contribution in [0.1, 0.15) is 34.0 Å². The molecule has 2 aromatic carbocycles. The van der Waals surface area contributed by atoms with E-state index in [1.807, 2.05) is 25.1 Å². The molecule has 0 bridgehead atoms. The van der Waals surface area contributed by atoms with Crippen molar-refractivity contribution in [2.75, 3.05) is 0 Å². The summed E-state index contributed by atoms with van der Waals surface area (Å²) >= 11 is 0. The largest absolute Gasteiger partial charge is 0.456 e. The van der Waals surface area contributed by atoms with Crippen LogP contribution in [-0.4, -0.2) is 27.7 Å². The van der Waals surface area contributed by atoms with Crippen LogP contribution in [0.5, 0.6) is 11.5 Å². The molecular formula is C26H23N5O3. The van der Waals surface area contributed by atoms with Gasteiger partial charge in [0.2, 0.25) is 5.90 Å². The van der Waals surface area contributed by atoms with E-state index in [-0.39, 0.29) is 17.7 Å². The Morgan fingerprint density at radius 1 is 1.00 bits per heavy atom. The Labute approximate surface area is 196 Å². The average molecular weight is 454 g/mol. The number of carbonyl (C=O) groups is 1. The minimum atomic E-state index is -0.191. The zero-order chi connectivity index (χ0) is 24.1. The van der Waals surface area contributed by atoms with Gasteiger partial charge in [-0.3, -0.25) is 25.6 Å². The first-order valence-electron chi connectivity index (χ1n) is 10.6. The first-order valence-corrected chi connectivity index (χ1v) is 10.6. The topological polar surface area (TPSA) is 121 Å². The van der Waals surface area contributed by atoms with Crippen molar-refractivity contribution in [1.29, 1.82) is 10.8 Å². The number of ether oxygens (including phenoxy) is 2. The first kappa shape index (κ1) is 22.6. The van der Waals surface area contributed by atoms with Crippen molar-refractivity contribution in [3.63, 3.8) is 0 Å². The zero-order valence-electron chi connectivity index (χ0n) is 18.8. The fraction of sp³-hybridized carbons (Fsp3) is 0.115. The van der Waals surface area contributed by atoms with Gasteiger partial charge in [0.05, 0.1) is 5.52 Å². The molecule has 8 heteroatoms. The molecule has 0 atom stereocenters. The molecule has 0 aliphatic rings. The fourth-order valence-corrected chi connectivity index (χ4v) is 3.43. The minimum Gasteiger partial charge on any atom is -0.456 e. The summed E-state index contributed by atoms with van der Waals surface area (Å²) in [5, 5.41) is 19.1. The van der Waals surface area contributed by atoms with E-state index in [1.54, 1.807) is 55.0 Å². The van der Waals surface area contributed by atoms with Crippen LogP contribution in [0, 0.1) is 17.7 Å². The van der Waals surface area contributed by atoms with Crippen LogP contribution in [0.15, 0.2) is 73.2 Å². The van der Waals surface area contributed by atoms with Crippen molar-refractivity contribution < 1.29 is 14.3 Å². The second-order valence-electron chi connectivity index (χ2n) is 7.60. The number of rotatable bonds is 6. The van der Waals surface area contributed by atoms with Crippen molar-refractivity contribution in [3.8, 4) is 11.5 Å². The molecule has 0 unspecified atom stereocenters. The van der Waals surface area contributed by atoms with Crippen molar-refractivity contribution in [2.24, 2.45) is 0 Å². The van der Waals surface area contributed by atoms with Gasteiger partial charge >= 0.3 is 0 Å². The monoisotopic (exact) mass is 453 g/mol. The summed E-state index contributed by atoms with van der Waals surface area (Å²) in [6, 6.07) is 16.0. The second-order valence-corrected chi connectivity index (χ2v) is 7.60. The minimum absolute atomic E-state index is 0.0599. The summed E-state index contributed by atoms with van der Waals surface area (Å²) in [5.74, 6) is 0.761. The van der Waals surface area contributed by atoms with Gasteiger partial charge in [0.1, 0.15) is 11.5 Å². The predicted molar refractivity (Wildman–Crippen MR) is 130 cm³/mol. The van der Waals surface area contributed by atoms with E-state index in [0.29, 0.717) is 40.3 Å². The van der Waals surface area contributed by atoms with E-state index in [2.05, 4.69) is 15.3 Å². The smallest absolute Gasteiger partial charge is 0.251 e. The molecule has 0 radical (unpaired) electrons. The number of aromatic nitrogens is 2. The van der Waals surface area contributed by atoms with E-state index in [1.165, 1.54) is 6.92 Å². The van der Waals surface area contributed by atoms with Crippen LogP contribution >= 0.6 is 0 Å². The van der Waals surface area contributed by atoms with Crippen LogP contribution in [0.25, 0.3) is 10.9 Å². The molecule has 3 N–H and O–H groups in total. The van der Waals surface area contributed by atoms with Crippen LogP contribution in [0.2, 0.25) is 0 Å². The molecule has 4 aromatic rings. The zero-order valence-corrected chi connectivity index (χ0v) is 18.8. The Morgan fingerprint density at radius 2 is 1.79 bits per heavy atom. The average Bonchev–Trinajstić information content (AvgIpc) is 2.84. The molecule has 0 fully saturated rings. The Kier molecular flexibility index (Phi) is 6.59. The van der Waals surface area contributed by atoms with Gasteiger partial charge in [-0.25, -0.2) is 0 Å². The Morgan fingerprint density at radius 3 is 2.56 bits per heavy atom. The van der Waals surface area contributed by atoms with Crippen LogP contribution in [0.4, 0.5) is 0 Å². The summed E-state index contributed by atoms with van der Waals surface area (Å²) in [6.07, 6.45) is 5.00. The highest BCUT2D eigenvalue weighted by molar-refractivity contribution is 6.01. The van der Waals surface area contributed by atoms with Gasteiger partial charge in [-0.15, -0.1) is 0 Å². The van der Waals surface area contributed by atoms with Crippen LogP contribution in [0.3, 0.4) is 0 Å². The van der Waals surface area contributed by atoms with E-state index in [9.17, 15) is 4.79 Å². The Balaban J connectivity index is 1.56. The number of hydrogen-bond donors (Lipinski definition) is 3. The summed E-state index contributed by atoms with van der Waals surface area (Å²) < 4.78 is 11.3. The SMILES string of the molecule is CC(=N)OC(=N)c1ccc2c(Oc3cccc(C(=O)NCc4ccncc4)c3C)ccnc2c1. The molecule has 0 aliphatic heterocycles. The van der Waals surface area contributed by atoms with Gasteiger partial charge in [-0.1, -0.05) is 6.07 Å². The molecule has 2 heterocycles. The number of fused-ring (bicyclic) bond motifs is 1. The second kappa shape index (κ2) is 9.91. The highest BCUT2D eigenvalue weighted by Crippen LogP contribution is 2.32. The number of pyridine rings is 2. The molecule has 8 nitrogen and oxygen atoms in total. The highest BCUT2D eigenvalue weighted by Gasteiger charge is 2.15. The third-order valence-electron chi connectivity index (χ3n) is 5.17. The van der Waals surface area contributed by atoms with Crippen molar-refractivity contribution in [2.45, 2.75) is 20.4 Å². The van der Waals surface area contributed by atoms with Crippen molar-refractivity contribution in [3.05, 3.63) is 95.4 Å². The normalized spacial score (nSPS) is 10.5. The molecule has 4 rings (SSSR count). The Bertz CT molecular complexity index is 1390. The molecule has 170 valence electrons. The first-order chi connectivity index (χ1) is 16.4. The molecule has 2 aromatic heterocycles. The van der Waals surface area contributed by atoms with Gasteiger partial charge in [0, 0.05) is 54.1 Å². The quantitative estimate of drug-likeness (QED) is 0.280. The maximum Gasteiger partial charge on any atom is 0.251 e. The third-order valence-corrected chi connectivity index (χ3v) is 5.17. The number of benzene rings is 2. The molecule has 0 aliphatic carbocycles. The summed E-state index contributed by atoms with van der Waals surface area (Å²) in [7, 11) is 0. The lowest BCUT2D eigenvalue weighted by Crippen LogP contribution is -2.23. The maximum absolute atomic E-state index is 12.8. The molecule has 0 spiro atoms. The molecule has 0 saturated carbocycles. The van der Waals surface area contributed by atoms with Gasteiger partial charge in [-0.05, 0) is 61.0 Å². The van der Waals surface area contributed by atoms with Crippen molar-refractivity contribution >= 4 is 28.6 Å². The summed E-state index contributed by atoms with van der Waals surface area (Å²) in [4.78, 5) is 21.2. The van der Waals surface area contributed by atoms with Crippen molar-refractivity contribution in [1.82, 2.24) is 15.3 Å². The van der Waals surface area contributed by atoms with Gasteiger partial charge < -0.3 is 14.8 Å². The number of hydrogen-bond acceptors (Lipinski definition) is 7. The molecular weight excluding hydrogens is 430 g/mol. The van der Waals surface area contributed by atoms with Gasteiger partial charge in [-0.2, -0.15) is 0 Å². The maximum atomic E-state index is 12.8. The Hall–Kier alpha value is -4.59. The highest BCUT2D eigenvalue weighted by atomic mass is 16.5. The lowest BCUT2D eigenvalue weighted by Gasteiger charge is -2.14. The van der Waals surface area contributed by atoms with E-state index in [4.69, 9.17) is 20.3 Å². The number of nitrogens with one attached hydrogen (secondary N) is 3. The van der Waals surface area contributed by atoms with Crippen LogP contribution in [-0.2, 0) is 11.3 Å². The number of carbonyl (C=O) groups excluding carboxylic acids is 1. The van der Waals surface area contributed by atoms with Gasteiger partial charge in [0.15, 0.2) is 5.90 Å². The molecule has 0 saturated heterocycles. The van der Waals surface area contributed by atoms with Crippen LogP contribution < -0.4 is 10.1 Å².